The smallest absolute Gasteiger partial charge is 0.257 e. The van der Waals surface area contributed by atoms with Crippen molar-refractivity contribution < 1.29 is 13.2 Å². The lowest BCUT2D eigenvalue weighted by Gasteiger charge is -2.29. The largest absolute Gasteiger partial charge is 0.328 e. The Morgan fingerprint density at radius 1 is 1.20 bits per heavy atom. The van der Waals surface area contributed by atoms with E-state index in [0.717, 1.165) is 12.0 Å². The lowest BCUT2D eigenvalue weighted by atomic mass is 10.1. The summed E-state index contributed by atoms with van der Waals surface area (Å²) in [6.07, 6.45) is 2.81. The molecule has 1 saturated heterocycles. The van der Waals surface area contributed by atoms with Gasteiger partial charge in [-0.05, 0) is 43.5 Å². The molecule has 0 saturated carbocycles. The van der Waals surface area contributed by atoms with Crippen molar-refractivity contribution >= 4 is 27.3 Å². The number of hydrogen-bond donors (Lipinski definition) is 2. The molecule has 2 heterocycles. The van der Waals surface area contributed by atoms with Crippen molar-refractivity contribution in [1.29, 1.82) is 0 Å². The molecule has 0 radical (unpaired) electrons. The zero-order valence-corrected chi connectivity index (χ0v) is 14.6. The van der Waals surface area contributed by atoms with Crippen molar-refractivity contribution in [1.82, 2.24) is 4.98 Å². The molecule has 1 fully saturated rings. The number of nitrogens with one attached hydrogen (secondary N) is 2. The summed E-state index contributed by atoms with van der Waals surface area (Å²) in [5, 5.41) is 2.73. The van der Waals surface area contributed by atoms with E-state index in [4.69, 9.17) is 0 Å². The van der Waals surface area contributed by atoms with E-state index in [1.807, 2.05) is 6.92 Å². The first-order valence-electron chi connectivity index (χ1n) is 7.98. The van der Waals surface area contributed by atoms with E-state index >= 15 is 0 Å². The van der Waals surface area contributed by atoms with E-state index in [-0.39, 0.29) is 17.2 Å². The number of aryl methyl sites for hydroxylation is 1. The van der Waals surface area contributed by atoms with Gasteiger partial charge in [-0.1, -0.05) is 6.07 Å². The lowest BCUT2D eigenvalue weighted by Crippen LogP contribution is -2.38. The van der Waals surface area contributed by atoms with Crippen LogP contribution in [0, 0.1) is 6.92 Å². The molecule has 2 N–H and O–H groups in total. The van der Waals surface area contributed by atoms with Crippen LogP contribution >= 0.6 is 0 Å². The van der Waals surface area contributed by atoms with E-state index in [2.05, 4.69) is 10.3 Å². The Morgan fingerprint density at radius 2 is 2.00 bits per heavy atom. The number of anilines is 2. The molecule has 8 heteroatoms. The predicted molar refractivity (Wildman–Crippen MR) is 96.6 cm³/mol. The van der Waals surface area contributed by atoms with Crippen LogP contribution in [0.2, 0.25) is 0 Å². The summed E-state index contributed by atoms with van der Waals surface area (Å²) in [5.41, 5.74) is 1.93. The van der Waals surface area contributed by atoms with Crippen LogP contribution in [0.1, 0.15) is 28.8 Å². The molecule has 25 heavy (non-hydrogen) atoms. The average Bonchev–Trinajstić information content (AvgIpc) is 2.57. The Hall–Kier alpha value is -2.61. The minimum Gasteiger partial charge on any atom is -0.328 e. The van der Waals surface area contributed by atoms with Gasteiger partial charge < -0.3 is 10.3 Å². The highest BCUT2D eigenvalue weighted by Gasteiger charge is 2.27. The molecule has 1 aromatic heterocycles. The molecule has 0 atom stereocenters. The maximum absolute atomic E-state index is 12.3. The molecule has 0 spiro atoms. The number of hydrogen-bond acceptors (Lipinski definition) is 4. The van der Waals surface area contributed by atoms with Crippen molar-refractivity contribution in [2.45, 2.75) is 19.8 Å². The minimum atomic E-state index is -3.32. The molecule has 1 aliphatic rings. The topological polar surface area (TPSA) is 99.3 Å². The van der Waals surface area contributed by atoms with Crippen molar-refractivity contribution in [2.24, 2.45) is 0 Å². The molecule has 132 valence electrons. The van der Waals surface area contributed by atoms with Crippen LogP contribution in [0.15, 0.2) is 41.3 Å². The number of aromatic nitrogens is 1. The second-order valence-electron chi connectivity index (χ2n) is 5.99. The van der Waals surface area contributed by atoms with E-state index in [9.17, 15) is 18.0 Å². The van der Waals surface area contributed by atoms with E-state index in [0.29, 0.717) is 29.9 Å². The third-order valence-electron chi connectivity index (χ3n) is 4.13. The summed E-state index contributed by atoms with van der Waals surface area (Å²) >= 11 is 0. The molecule has 1 aliphatic heterocycles. The highest BCUT2D eigenvalue weighted by atomic mass is 32.2. The Morgan fingerprint density at radius 3 is 2.68 bits per heavy atom. The van der Waals surface area contributed by atoms with Crippen LogP contribution in [0.4, 0.5) is 11.4 Å². The maximum Gasteiger partial charge on any atom is 0.257 e. The molecule has 0 bridgehead atoms. The third kappa shape index (κ3) is 3.74. The van der Waals surface area contributed by atoms with Crippen molar-refractivity contribution in [3.8, 4) is 0 Å². The number of carbonyl (C=O) groups excluding carboxylic acids is 1. The molecule has 1 aromatic carbocycles. The van der Waals surface area contributed by atoms with Gasteiger partial charge in [-0.25, -0.2) is 8.42 Å². The van der Waals surface area contributed by atoms with Gasteiger partial charge in [0.1, 0.15) is 0 Å². The number of aromatic amines is 1. The van der Waals surface area contributed by atoms with Gasteiger partial charge in [0.25, 0.3) is 5.91 Å². The fraction of sp³-hybridized carbons (Fsp3) is 0.294. The second-order valence-corrected chi connectivity index (χ2v) is 8.01. The molecular weight excluding hydrogens is 342 g/mol. The third-order valence-corrected chi connectivity index (χ3v) is 5.99. The molecular formula is C17H19N3O4S. The summed E-state index contributed by atoms with van der Waals surface area (Å²) in [4.78, 5) is 25.8. The first-order chi connectivity index (χ1) is 11.9. The van der Waals surface area contributed by atoms with Gasteiger partial charge in [-0.3, -0.25) is 13.9 Å². The molecule has 2 aromatic rings. The van der Waals surface area contributed by atoms with Crippen molar-refractivity contribution in [2.75, 3.05) is 21.9 Å². The Labute approximate surface area is 145 Å². The van der Waals surface area contributed by atoms with Gasteiger partial charge in [0, 0.05) is 24.5 Å². The van der Waals surface area contributed by atoms with Crippen LogP contribution in [0.25, 0.3) is 0 Å². The summed E-state index contributed by atoms with van der Waals surface area (Å²) in [6, 6.07) is 7.87. The first-order valence-corrected chi connectivity index (χ1v) is 9.59. The van der Waals surface area contributed by atoms with Gasteiger partial charge in [0.05, 0.1) is 17.0 Å². The van der Waals surface area contributed by atoms with Gasteiger partial charge in [-0.15, -0.1) is 0 Å². The highest BCUT2D eigenvalue weighted by molar-refractivity contribution is 7.92. The summed E-state index contributed by atoms with van der Waals surface area (Å²) in [6.45, 7) is 2.29. The van der Waals surface area contributed by atoms with Crippen LogP contribution < -0.4 is 15.2 Å². The standard InChI is InChI=1S/C17H19N3O4S/c1-12-4-6-14(19-17(22)13-5-7-16(21)18-11-13)10-15(12)20-8-2-3-9-25(20,23)24/h4-7,10-11H,2-3,8-9H2,1H3,(H,18,21)(H,19,22). The Bertz CT molecular complexity index is 946. The molecule has 1 amide bonds. The van der Waals surface area contributed by atoms with Crippen molar-refractivity contribution in [3.63, 3.8) is 0 Å². The molecule has 3 rings (SSSR count). The monoisotopic (exact) mass is 361 g/mol. The van der Waals surface area contributed by atoms with Gasteiger partial charge in [0.15, 0.2) is 0 Å². The average molecular weight is 361 g/mol. The van der Waals surface area contributed by atoms with E-state index in [1.54, 1.807) is 18.2 Å². The zero-order valence-electron chi connectivity index (χ0n) is 13.8. The number of amides is 1. The van der Waals surface area contributed by atoms with Crippen LogP contribution in [0.5, 0.6) is 0 Å². The quantitative estimate of drug-likeness (QED) is 0.872. The fourth-order valence-electron chi connectivity index (χ4n) is 2.77. The molecule has 0 unspecified atom stereocenters. The number of benzene rings is 1. The fourth-order valence-corrected chi connectivity index (χ4v) is 4.46. The maximum atomic E-state index is 12.3. The molecule has 0 aliphatic carbocycles. The van der Waals surface area contributed by atoms with E-state index in [1.165, 1.54) is 22.6 Å². The number of sulfonamides is 1. The number of H-pyrrole nitrogens is 1. The van der Waals surface area contributed by atoms with Crippen LogP contribution in [-0.2, 0) is 10.0 Å². The number of rotatable bonds is 3. The Kier molecular flexibility index (Phi) is 4.63. The Balaban J connectivity index is 1.87. The first kappa shape index (κ1) is 17.2. The number of pyridine rings is 1. The normalized spacial score (nSPS) is 16.4. The van der Waals surface area contributed by atoms with Gasteiger partial charge in [0.2, 0.25) is 15.6 Å². The zero-order chi connectivity index (χ0) is 18.0. The summed E-state index contributed by atoms with van der Waals surface area (Å²) in [5.74, 6) is -0.243. The predicted octanol–water partition coefficient (Wildman–Crippen LogP) is 1.87. The summed E-state index contributed by atoms with van der Waals surface area (Å²) in [7, 11) is -3.32. The molecule has 7 nitrogen and oxygen atoms in total. The SMILES string of the molecule is Cc1ccc(NC(=O)c2ccc(=O)[nH]c2)cc1N1CCCCS1(=O)=O. The number of nitrogens with zero attached hydrogens (tertiary/aromatic N) is 1. The highest BCUT2D eigenvalue weighted by Crippen LogP contribution is 2.29. The lowest BCUT2D eigenvalue weighted by molar-refractivity contribution is 0.102. The van der Waals surface area contributed by atoms with Crippen molar-refractivity contribution in [3.05, 3.63) is 58.0 Å². The van der Waals surface area contributed by atoms with Gasteiger partial charge >= 0.3 is 0 Å². The second kappa shape index (κ2) is 6.72. The number of carbonyl (C=O) groups is 1. The van der Waals surface area contributed by atoms with Crippen LogP contribution in [0.3, 0.4) is 0 Å². The summed E-state index contributed by atoms with van der Waals surface area (Å²) < 4.78 is 26.1. The van der Waals surface area contributed by atoms with E-state index < -0.39 is 10.0 Å². The van der Waals surface area contributed by atoms with Gasteiger partial charge in [-0.2, -0.15) is 0 Å². The minimum absolute atomic E-state index is 0.139. The van der Waals surface area contributed by atoms with Crippen LogP contribution in [-0.4, -0.2) is 31.6 Å².